The van der Waals surface area contributed by atoms with Gasteiger partial charge in [0.1, 0.15) is 0 Å². The molecule has 0 saturated heterocycles. The second-order valence-corrected chi connectivity index (χ2v) is 0. The Morgan fingerprint density at radius 3 is 0.750 bits per heavy atom. The minimum absolute atomic E-state index is 0. The molecule has 0 rings (SSSR count). The minimum atomic E-state index is 0. The predicted molar refractivity (Wildman–Crippen MR) is 11.5 cm³/mol. The molecule has 0 fully saturated rings. The molecule has 0 aliphatic heterocycles. The van der Waals surface area contributed by atoms with Crippen molar-refractivity contribution >= 4 is 46.1 Å². The third kappa shape index (κ3) is 8.82. The Bertz CT molecular complexity index is 6.00. The molecule has 0 spiro atoms. The van der Waals surface area contributed by atoms with Crippen LogP contribution in [0.25, 0.3) is 0 Å². The number of hydrogen-bond donors (Lipinski definition) is 0. The zero-order chi connectivity index (χ0) is 0. The van der Waals surface area contributed by atoms with Gasteiger partial charge in [-0.25, -0.2) is 0 Å². The zero-order valence-electron chi connectivity index (χ0n) is 2.50. The predicted octanol–water partition coefficient (Wildman–Crippen LogP) is -0.767. The minimum Gasteiger partial charge on any atom is 0 e. The van der Waals surface area contributed by atoms with Crippen LogP contribution in [0.15, 0.2) is 0 Å². The molecule has 0 heterocycles. The summed E-state index contributed by atoms with van der Waals surface area (Å²) in [5.74, 6) is 0. The fraction of sp³-hybridized carbons (Fsp3) is 0. The third-order valence-corrected chi connectivity index (χ3v) is 0. The summed E-state index contributed by atoms with van der Waals surface area (Å²) >= 11 is 0. The topological polar surface area (TPSA) is 0 Å². The van der Waals surface area contributed by atoms with Crippen molar-refractivity contribution in [2.45, 2.75) is 0 Å². The Morgan fingerprint density at radius 2 is 0.750 bits per heavy atom. The molecule has 0 N–H and O–H groups in total. The molecule has 0 aliphatic carbocycles. The van der Waals surface area contributed by atoms with E-state index in [4.69, 9.17) is 0 Å². The van der Waals surface area contributed by atoms with Crippen molar-refractivity contribution in [3.05, 3.63) is 0 Å². The summed E-state index contributed by atoms with van der Waals surface area (Å²) in [6.07, 6.45) is 0. The number of hydrogen-bond acceptors (Lipinski definition) is 0. The SMILES string of the molecule is [Mg].[Mg].[Mn].[Zn]. The van der Waals surface area contributed by atoms with Crippen LogP contribution >= 0.6 is 0 Å². The van der Waals surface area contributed by atoms with Crippen molar-refractivity contribution in [3.63, 3.8) is 0 Å². The fourth-order valence-electron chi connectivity index (χ4n) is 0. The van der Waals surface area contributed by atoms with Crippen molar-refractivity contribution in [1.82, 2.24) is 0 Å². The summed E-state index contributed by atoms with van der Waals surface area (Å²) in [6.45, 7) is 0. The molecule has 0 aromatic carbocycles. The maximum atomic E-state index is 0. The van der Waals surface area contributed by atoms with E-state index in [9.17, 15) is 0 Å². The van der Waals surface area contributed by atoms with Gasteiger partial charge in [-0.15, -0.1) is 0 Å². The largest absolute Gasteiger partial charge is 0 e. The first kappa shape index (κ1) is 30.0. The van der Waals surface area contributed by atoms with Crippen LogP contribution in [0, 0.1) is 0 Å². The maximum absolute atomic E-state index is 0. The Labute approximate surface area is 81.4 Å². The van der Waals surface area contributed by atoms with Gasteiger partial charge in [0.15, 0.2) is 0 Å². The molecular formula is Mg2MnZn. The normalized spacial score (nSPS) is 0. The monoisotopic (exact) mass is 167 g/mol. The van der Waals surface area contributed by atoms with Crippen LogP contribution in [0.1, 0.15) is 0 Å². The Kier molecular flexibility index (Phi) is 130. The van der Waals surface area contributed by atoms with E-state index in [0.717, 1.165) is 0 Å². The molecule has 5 radical (unpaired) electrons. The molecule has 0 atom stereocenters. The third-order valence-electron chi connectivity index (χ3n) is 0. The summed E-state index contributed by atoms with van der Waals surface area (Å²) in [6, 6.07) is 0. The van der Waals surface area contributed by atoms with Gasteiger partial charge in [0.05, 0.1) is 0 Å². The molecule has 0 nitrogen and oxygen atoms in total. The van der Waals surface area contributed by atoms with E-state index in [2.05, 4.69) is 0 Å². The molecule has 0 bridgehead atoms. The number of rotatable bonds is 0. The second kappa shape index (κ2) is 17.3. The first-order chi connectivity index (χ1) is 0. The van der Waals surface area contributed by atoms with Gasteiger partial charge in [-0.05, 0) is 0 Å². The van der Waals surface area contributed by atoms with E-state index in [1.54, 1.807) is 0 Å². The van der Waals surface area contributed by atoms with Gasteiger partial charge < -0.3 is 0 Å². The smallest absolute Gasteiger partial charge is 0 e. The van der Waals surface area contributed by atoms with E-state index < -0.39 is 0 Å². The van der Waals surface area contributed by atoms with E-state index in [0.29, 0.717) is 0 Å². The van der Waals surface area contributed by atoms with Crippen LogP contribution in [0.2, 0.25) is 0 Å². The van der Waals surface area contributed by atoms with Crippen LogP contribution in [0.3, 0.4) is 0 Å². The first-order valence-electron chi connectivity index (χ1n) is 0. The quantitative estimate of drug-likeness (QED) is 0.418. The van der Waals surface area contributed by atoms with Gasteiger partial charge in [-0.3, -0.25) is 0 Å². The molecular weight excluding hydrogens is 169 g/mol. The van der Waals surface area contributed by atoms with Crippen LogP contribution in [-0.2, 0) is 36.5 Å². The van der Waals surface area contributed by atoms with E-state index in [-0.39, 0.29) is 82.7 Å². The molecule has 13 valence electrons. The van der Waals surface area contributed by atoms with Crippen LogP contribution in [-0.4, -0.2) is 46.1 Å². The van der Waals surface area contributed by atoms with E-state index in [1.165, 1.54) is 0 Å². The summed E-state index contributed by atoms with van der Waals surface area (Å²) < 4.78 is 0. The second-order valence-electron chi connectivity index (χ2n) is 0. The molecule has 0 aromatic rings. The van der Waals surface area contributed by atoms with Gasteiger partial charge in [0.25, 0.3) is 0 Å². The first-order valence-corrected chi connectivity index (χ1v) is 0. The zero-order valence-corrected chi connectivity index (χ0v) is 9.48. The van der Waals surface area contributed by atoms with Gasteiger partial charge >= 0.3 is 0 Å². The molecule has 0 saturated carbocycles. The average molecular weight is 169 g/mol. The van der Waals surface area contributed by atoms with E-state index in [1.807, 2.05) is 0 Å². The molecule has 4 heteroatoms. The maximum Gasteiger partial charge on any atom is 0 e. The van der Waals surface area contributed by atoms with E-state index >= 15 is 0 Å². The summed E-state index contributed by atoms with van der Waals surface area (Å²) in [7, 11) is 0. The molecule has 0 aromatic heterocycles. The van der Waals surface area contributed by atoms with Gasteiger partial charge in [-0.1, -0.05) is 0 Å². The Morgan fingerprint density at radius 1 is 0.750 bits per heavy atom. The molecule has 0 amide bonds. The van der Waals surface area contributed by atoms with Gasteiger partial charge in [-0.2, -0.15) is 0 Å². The van der Waals surface area contributed by atoms with Crippen molar-refractivity contribution < 1.29 is 36.5 Å². The molecule has 0 unspecified atom stereocenters. The van der Waals surface area contributed by atoms with Crippen molar-refractivity contribution in [1.29, 1.82) is 0 Å². The Hall–Kier alpha value is 2.68. The summed E-state index contributed by atoms with van der Waals surface area (Å²) in [5, 5.41) is 0. The summed E-state index contributed by atoms with van der Waals surface area (Å²) in [5.41, 5.74) is 0. The van der Waals surface area contributed by atoms with Gasteiger partial charge in [0.2, 0.25) is 0 Å². The van der Waals surface area contributed by atoms with Crippen molar-refractivity contribution in [2.24, 2.45) is 0 Å². The van der Waals surface area contributed by atoms with Crippen molar-refractivity contribution in [3.8, 4) is 0 Å². The summed E-state index contributed by atoms with van der Waals surface area (Å²) in [4.78, 5) is 0. The fourth-order valence-corrected chi connectivity index (χ4v) is 0. The average Bonchev–Trinajstić information content (AvgIpc) is 0. The molecule has 0 aliphatic rings. The van der Waals surface area contributed by atoms with Crippen LogP contribution < -0.4 is 0 Å². The molecule has 4 heavy (non-hydrogen) atoms. The van der Waals surface area contributed by atoms with Crippen molar-refractivity contribution in [2.75, 3.05) is 0 Å². The van der Waals surface area contributed by atoms with Gasteiger partial charge in [0, 0.05) is 82.7 Å². The van der Waals surface area contributed by atoms with Crippen LogP contribution in [0.4, 0.5) is 0 Å². The Balaban J connectivity index is 0. The standard InChI is InChI=1S/2Mg.Mn.Zn. The van der Waals surface area contributed by atoms with Crippen LogP contribution in [0.5, 0.6) is 0 Å².